The van der Waals surface area contributed by atoms with Gasteiger partial charge < -0.3 is 5.32 Å². The number of sulfone groups is 1. The van der Waals surface area contributed by atoms with Gasteiger partial charge in [0.1, 0.15) is 6.07 Å². The van der Waals surface area contributed by atoms with Crippen LogP contribution in [-0.4, -0.2) is 20.6 Å². The van der Waals surface area contributed by atoms with E-state index in [1.165, 1.54) is 12.1 Å². The highest BCUT2D eigenvalue weighted by molar-refractivity contribution is 7.89. The molecule has 0 saturated carbocycles. The molecule has 0 heterocycles. The Kier molecular flexibility index (Phi) is 5.04. The first-order chi connectivity index (χ1) is 10.8. The summed E-state index contributed by atoms with van der Waals surface area (Å²) in [6, 6.07) is 12.8. The van der Waals surface area contributed by atoms with Crippen LogP contribution >= 0.6 is 11.6 Å². The van der Waals surface area contributed by atoms with Crippen molar-refractivity contribution in [2.45, 2.75) is 5.75 Å². The van der Waals surface area contributed by atoms with Gasteiger partial charge in [0, 0.05) is 17.5 Å². The molecule has 0 aliphatic heterocycles. The Bertz CT molecular complexity index is 885. The Morgan fingerprint density at radius 2 is 1.87 bits per heavy atom. The molecule has 0 aliphatic rings. The number of nitriles is 1. The SMILES string of the molecule is CS(=O)(=O)Cc1ccc(C(=O)Nc2ccc(Cl)c(C#N)c2)cc1. The van der Waals surface area contributed by atoms with Gasteiger partial charge in [-0.1, -0.05) is 23.7 Å². The monoisotopic (exact) mass is 348 g/mol. The fourth-order valence-electron chi connectivity index (χ4n) is 1.95. The van der Waals surface area contributed by atoms with Crippen LogP contribution in [0, 0.1) is 11.3 Å². The lowest BCUT2D eigenvalue weighted by Crippen LogP contribution is -2.12. The zero-order valence-electron chi connectivity index (χ0n) is 12.2. The van der Waals surface area contributed by atoms with Crippen molar-refractivity contribution in [1.29, 1.82) is 5.26 Å². The summed E-state index contributed by atoms with van der Waals surface area (Å²) in [5.74, 6) is -0.431. The Balaban J connectivity index is 2.14. The molecule has 2 aromatic rings. The third-order valence-corrected chi connectivity index (χ3v) is 4.18. The molecule has 1 amide bonds. The lowest BCUT2D eigenvalue weighted by molar-refractivity contribution is 0.102. The lowest BCUT2D eigenvalue weighted by Gasteiger charge is -2.07. The van der Waals surface area contributed by atoms with Crippen LogP contribution in [0.5, 0.6) is 0 Å². The van der Waals surface area contributed by atoms with Gasteiger partial charge in [0.2, 0.25) is 0 Å². The number of halogens is 1. The quantitative estimate of drug-likeness (QED) is 0.920. The van der Waals surface area contributed by atoms with Gasteiger partial charge in [-0.3, -0.25) is 4.79 Å². The highest BCUT2D eigenvalue weighted by Crippen LogP contribution is 2.20. The second-order valence-electron chi connectivity index (χ2n) is 5.03. The summed E-state index contributed by atoms with van der Waals surface area (Å²) in [6.45, 7) is 0. The molecule has 23 heavy (non-hydrogen) atoms. The van der Waals surface area contributed by atoms with Crippen LogP contribution in [0.15, 0.2) is 42.5 Å². The van der Waals surface area contributed by atoms with Crippen LogP contribution in [0.4, 0.5) is 5.69 Å². The maximum absolute atomic E-state index is 12.1. The van der Waals surface area contributed by atoms with E-state index in [1.807, 2.05) is 6.07 Å². The first kappa shape index (κ1) is 17.0. The van der Waals surface area contributed by atoms with Gasteiger partial charge in [-0.15, -0.1) is 0 Å². The maximum atomic E-state index is 12.1. The molecule has 1 N–H and O–H groups in total. The number of hydrogen-bond donors (Lipinski definition) is 1. The first-order valence-corrected chi connectivity index (χ1v) is 9.00. The van der Waals surface area contributed by atoms with Crippen LogP contribution < -0.4 is 5.32 Å². The molecule has 0 saturated heterocycles. The van der Waals surface area contributed by atoms with E-state index >= 15 is 0 Å². The molecule has 5 nitrogen and oxygen atoms in total. The topological polar surface area (TPSA) is 87.0 Å². The fourth-order valence-corrected chi connectivity index (χ4v) is 2.90. The van der Waals surface area contributed by atoms with E-state index in [0.717, 1.165) is 6.26 Å². The van der Waals surface area contributed by atoms with E-state index in [-0.39, 0.29) is 17.2 Å². The van der Waals surface area contributed by atoms with Gasteiger partial charge >= 0.3 is 0 Å². The van der Waals surface area contributed by atoms with Gasteiger partial charge in [0.15, 0.2) is 9.84 Å². The highest BCUT2D eigenvalue weighted by atomic mass is 35.5. The van der Waals surface area contributed by atoms with Crippen molar-refractivity contribution in [3.63, 3.8) is 0 Å². The fraction of sp³-hybridized carbons (Fsp3) is 0.125. The molecule has 0 aromatic heterocycles. The van der Waals surface area contributed by atoms with Crippen LogP contribution in [0.3, 0.4) is 0 Å². The molecular weight excluding hydrogens is 336 g/mol. The third-order valence-electron chi connectivity index (χ3n) is 2.99. The average molecular weight is 349 g/mol. The van der Waals surface area contributed by atoms with Gasteiger partial charge in [0.25, 0.3) is 5.91 Å². The zero-order valence-corrected chi connectivity index (χ0v) is 13.8. The van der Waals surface area contributed by atoms with Crippen molar-refractivity contribution >= 4 is 33.0 Å². The molecular formula is C16H13ClN2O3S. The number of nitrogens with zero attached hydrogens (tertiary/aromatic N) is 1. The molecule has 2 aromatic carbocycles. The Morgan fingerprint density at radius 1 is 1.22 bits per heavy atom. The summed E-state index contributed by atoms with van der Waals surface area (Å²) in [6.07, 6.45) is 1.15. The van der Waals surface area contributed by atoms with Crippen LogP contribution in [0.1, 0.15) is 21.5 Å². The molecule has 0 bridgehead atoms. The van der Waals surface area contributed by atoms with Crippen LogP contribution in [0.2, 0.25) is 5.02 Å². The number of nitrogens with one attached hydrogen (secondary N) is 1. The molecule has 7 heteroatoms. The number of hydrogen-bond acceptors (Lipinski definition) is 4. The summed E-state index contributed by atoms with van der Waals surface area (Å²) in [4.78, 5) is 12.1. The van der Waals surface area contributed by atoms with E-state index in [4.69, 9.17) is 16.9 Å². The smallest absolute Gasteiger partial charge is 0.255 e. The van der Waals surface area contributed by atoms with Gasteiger partial charge in [-0.2, -0.15) is 5.26 Å². The van der Waals surface area contributed by atoms with E-state index < -0.39 is 9.84 Å². The minimum Gasteiger partial charge on any atom is -0.322 e. The molecule has 0 unspecified atom stereocenters. The van der Waals surface area contributed by atoms with Gasteiger partial charge in [0.05, 0.1) is 16.3 Å². The Labute approximate surface area is 139 Å². The molecule has 118 valence electrons. The maximum Gasteiger partial charge on any atom is 0.255 e. The Morgan fingerprint density at radius 3 is 2.43 bits per heavy atom. The standard InChI is InChI=1S/C16H13ClN2O3S/c1-23(21,22)10-11-2-4-12(5-3-11)16(20)19-14-6-7-15(17)13(8-14)9-18/h2-8H,10H2,1H3,(H,19,20). The van der Waals surface area contributed by atoms with Gasteiger partial charge in [-0.25, -0.2) is 8.42 Å². The normalized spacial score (nSPS) is 10.8. The number of benzene rings is 2. The van der Waals surface area contributed by atoms with Crippen molar-refractivity contribution in [1.82, 2.24) is 0 Å². The predicted molar refractivity (Wildman–Crippen MR) is 89.1 cm³/mol. The minimum atomic E-state index is -3.11. The number of amides is 1. The van der Waals surface area contributed by atoms with Crippen molar-refractivity contribution < 1.29 is 13.2 Å². The number of carbonyl (C=O) groups is 1. The number of rotatable bonds is 4. The summed E-state index contributed by atoms with van der Waals surface area (Å²) < 4.78 is 22.5. The molecule has 0 spiro atoms. The van der Waals surface area contributed by atoms with E-state index in [2.05, 4.69) is 5.32 Å². The third kappa shape index (κ3) is 4.81. The van der Waals surface area contributed by atoms with Crippen LogP contribution in [-0.2, 0) is 15.6 Å². The number of anilines is 1. The lowest BCUT2D eigenvalue weighted by atomic mass is 10.1. The minimum absolute atomic E-state index is 0.0718. The average Bonchev–Trinajstić information content (AvgIpc) is 2.48. The summed E-state index contributed by atoms with van der Waals surface area (Å²) in [5.41, 5.74) is 1.72. The molecule has 0 aliphatic carbocycles. The summed E-state index contributed by atoms with van der Waals surface area (Å²) in [7, 11) is -3.11. The second kappa shape index (κ2) is 6.82. The first-order valence-electron chi connectivity index (χ1n) is 6.56. The largest absolute Gasteiger partial charge is 0.322 e. The highest BCUT2D eigenvalue weighted by Gasteiger charge is 2.09. The van der Waals surface area contributed by atoms with Crippen molar-refractivity contribution in [3.05, 3.63) is 64.2 Å². The number of carbonyl (C=O) groups excluding carboxylic acids is 1. The predicted octanol–water partition coefficient (Wildman–Crippen LogP) is 3.01. The summed E-state index contributed by atoms with van der Waals surface area (Å²) >= 11 is 5.84. The summed E-state index contributed by atoms with van der Waals surface area (Å²) in [5, 5.41) is 11.9. The van der Waals surface area contributed by atoms with E-state index in [1.54, 1.807) is 30.3 Å². The van der Waals surface area contributed by atoms with Crippen LogP contribution in [0.25, 0.3) is 0 Å². The molecule has 0 radical (unpaired) electrons. The second-order valence-corrected chi connectivity index (χ2v) is 7.57. The van der Waals surface area contributed by atoms with Crippen molar-refractivity contribution in [3.8, 4) is 6.07 Å². The van der Waals surface area contributed by atoms with E-state index in [0.29, 0.717) is 21.8 Å². The zero-order chi connectivity index (χ0) is 17.0. The molecule has 0 atom stereocenters. The van der Waals surface area contributed by atoms with E-state index in [9.17, 15) is 13.2 Å². The van der Waals surface area contributed by atoms with Gasteiger partial charge in [-0.05, 0) is 35.9 Å². The van der Waals surface area contributed by atoms with Crippen molar-refractivity contribution in [2.24, 2.45) is 0 Å². The molecule has 0 fully saturated rings. The van der Waals surface area contributed by atoms with Crippen molar-refractivity contribution in [2.75, 3.05) is 11.6 Å². The Hall–Kier alpha value is -2.36. The molecule has 2 rings (SSSR count).